The van der Waals surface area contributed by atoms with Gasteiger partial charge in [-0.1, -0.05) is 30.3 Å². The molecule has 0 saturated heterocycles. The maximum Gasteiger partial charge on any atom is 0.158 e. The highest BCUT2D eigenvalue weighted by Gasteiger charge is 2.09. The van der Waals surface area contributed by atoms with Crippen LogP contribution < -0.4 is 0 Å². The molecule has 2 rings (SSSR count). The van der Waals surface area contributed by atoms with E-state index in [0.29, 0.717) is 12.8 Å². The third kappa shape index (κ3) is 5.96. The second-order valence-corrected chi connectivity index (χ2v) is 5.45. The molecule has 0 aliphatic rings. The number of benzene rings is 2. The van der Waals surface area contributed by atoms with Crippen molar-refractivity contribution in [1.82, 2.24) is 0 Å². The first-order valence-electron chi connectivity index (χ1n) is 7.49. The van der Waals surface area contributed by atoms with Crippen LogP contribution in [0, 0.1) is 0 Å². The van der Waals surface area contributed by atoms with Gasteiger partial charge in [0.25, 0.3) is 0 Å². The van der Waals surface area contributed by atoms with Crippen LogP contribution in [0.4, 0.5) is 0 Å². The quantitative estimate of drug-likeness (QED) is 0.687. The first-order chi connectivity index (χ1) is 11.0. The number of hydrogen-bond donors (Lipinski definition) is 3. The average molecular weight is 312 g/mol. The number of rotatable bonds is 7. The van der Waals surface area contributed by atoms with Gasteiger partial charge in [-0.2, -0.15) is 0 Å². The molecular formula is C19H20O4. The van der Waals surface area contributed by atoms with Crippen molar-refractivity contribution in [3.05, 3.63) is 65.7 Å². The number of aryl methyl sites for hydroxylation is 1. The van der Waals surface area contributed by atoms with Crippen LogP contribution in [0.25, 0.3) is 6.08 Å². The Morgan fingerprint density at radius 2 is 1.52 bits per heavy atom. The number of ketones is 1. The van der Waals surface area contributed by atoms with Gasteiger partial charge in [0.1, 0.15) is 11.5 Å². The van der Waals surface area contributed by atoms with Crippen molar-refractivity contribution in [2.75, 3.05) is 0 Å². The first-order valence-corrected chi connectivity index (χ1v) is 7.49. The molecule has 0 heterocycles. The minimum atomic E-state index is -0.694. The van der Waals surface area contributed by atoms with Crippen molar-refractivity contribution in [2.24, 2.45) is 0 Å². The zero-order valence-electron chi connectivity index (χ0n) is 12.7. The molecule has 2 aromatic rings. The zero-order valence-corrected chi connectivity index (χ0v) is 12.7. The molecule has 0 spiro atoms. The molecule has 3 N–H and O–H groups in total. The van der Waals surface area contributed by atoms with E-state index in [1.54, 1.807) is 54.6 Å². The summed E-state index contributed by atoms with van der Waals surface area (Å²) in [4.78, 5) is 11.8. The van der Waals surface area contributed by atoms with E-state index in [2.05, 4.69) is 0 Å². The fourth-order valence-electron chi connectivity index (χ4n) is 2.17. The second kappa shape index (κ2) is 8.15. The Hall–Kier alpha value is -2.59. The van der Waals surface area contributed by atoms with Gasteiger partial charge in [-0.05, 0) is 54.3 Å². The number of carbonyl (C=O) groups is 1. The van der Waals surface area contributed by atoms with E-state index in [1.165, 1.54) is 6.08 Å². The lowest BCUT2D eigenvalue weighted by atomic mass is 10.0. The van der Waals surface area contributed by atoms with E-state index in [0.717, 1.165) is 11.1 Å². The molecule has 0 fully saturated rings. The Morgan fingerprint density at radius 1 is 0.957 bits per heavy atom. The molecule has 0 radical (unpaired) electrons. The number of aliphatic hydroxyl groups excluding tert-OH is 1. The molecule has 0 bridgehead atoms. The predicted molar refractivity (Wildman–Crippen MR) is 89.2 cm³/mol. The third-order valence-corrected chi connectivity index (χ3v) is 3.49. The van der Waals surface area contributed by atoms with Crippen LogP contribution >= 0.6 is 0 Å². The van der Waals surface area contributed by atoms with Crippen molar-refractivity contribution in [1.29, 1.82) is 0 Å². The van der Waals surface area contributed by atoms with Gasteiger partial charge in [0.2, 0.25) is 0 Å². The van der Waals surface area contributed by atoms with Gasteiger partial charge in [-0.15, -0.1) is 0 Å². The van der Waals surface area contributed by atoms with Crippen molar-refractivity contribution in [3.63, 3.8) is 0 Å². The fourth-order valence-corrected chi connectivity index (χ4v) is 2.17. The summed E-state index contributed by atoms with van der Waals surface area (Å²) >= 11 is 0. The van der Waals surface area contributed by atoms with Gasteiger partial charge in [0.15, 0.2) is 5.78 Å². The van der Waals surface area contributed by atoms with Crippen LogP contribution in [0.2, 0.25) is 0 Å². The fraction of sp³-hybridized carbons (Fsp3) is 0.211. The molecule has 2 aromatic carbocycles. The van der Waals surface area contributed by atoms with E-state index in [-0.39, 0.29) is 23.7 Å². The zero-order chi connectivity index (χ0) is 16.7. The maximum atomic E-state index is 11.8. The van der Waals surface area contributed by atoms with Gasteiger partial charge in [0, 0.05) is 6.42 Å². The monoisotopic (exact) mass is 312 g/mol. The Morgan fingerprint density at radius 3 is 2.13 bits per heavy atom. The topological polar surface area (TPSA) is 77.8 Å². The number of aliphatic hydroxyl groups is 1. The molecule has 0 aliphatic heterocycles. The van der Waals surface area contributed by atoms with Gasteiger partial charge in [-0.25, -0.2) is 0 Å². The standard InChI is InChI=1S/C19H20O4/c20-16-7-1-14(2-8-16)5-11-18(22)13-19(23)12-6-15-3-9-17(21)10-4-15/h1-5,7-11,19-21,23H,6,12-13H2/t19-/m0/s1. The average Bonchev–Trinajstić information content (AvgIpc) is 2.54. The number of phenolic OH excluding ortho intramolecular Hbond substituents is 2. The molecule has 0 amide bonds. The number of hydrogen-bond acceptors (Lipinski definition) is 4. The number of carbonyl (C=O) groups excluding carboxylic acids is 1. The van der Waals surface area contributed by atoms with Crippen LogP contribution in [0.3, 0.4) is 0 Å². The van der Waals surface area contributed by atoms with Crippen molar-refractivity contribution >= 4 is 11.9 Å². The molecule has 23 heavy (non-hydrogen) atoms. The largest absolute Gasteiger partial charge is 0.508 e. The van der Waals surface area contributed by atoms with Crippen molar-refractivity contribution < 1.29 is 20.1 Å². The van der Waals surface area contributed by atoms with Crippen molar-refractivity contribution in [3.8, 4) is 11.5 Å². The van der Waals surface area contributed by atoms with E-state index < -0.39 is 6.10 Å². The first kappa shape index (κ1) is 16.8. The smallest absolute Gasteiger partial charge is 0.158 e. The molecule has 1 atom stereocenters. The lowest BCUT2D eigenvalue weighted by Crippen LogP contribution is -2.12. The highest BCUT2D eigenvalue weighted by Crippen LogP contribution is 2.14. The van der Waals surface area contributed by atoms with Crippen LogP contribution in [0.1, 0.15) is 24.0 Å². The van der Waals surface area contributed by atoms with Gasteiger partial charge < -0.3 is 15.3 Å². The SMILES string of the molecule is O=C(C=Cc1ccc(O)cc1)C[C@@H](O)CCc1ccc(O)cc1. The summed E-state index contributed by atoms with van der Waals surface area (Å²) in [6.07, 6.45) is 3.62. The third-order valence-electron chi connectivity index (χ3n) is 3.49. The van der Waals surface area contributed by atoms with Gasteiger partial charge in [0.05, 0.1) is 6.10 Å². The Balaban J connectivity index is 1.77. The van der Waals surface area contributed by atoms with Crippen LogP contribution in [-0.2, 0) is 11.2 Å². The number of aromatic hydroxyl groups is 2. The molecule has 120 valence electrons. The van der Waals surface area contributed by atoms with Crippen LogP contribution in [0.15, 0.2) is 54.6 Å². The summed E-state index contributed by atoms with van der Waals surface area (Å²) in [6, 6.07) is 13.3. The van der Waals surface area contributed by atoms with E-state index >= 15 is 0 Å². The summed E-state index contributed by atoms with van der Waals surface area (Å²) in [5, 5.41) is 28.3. The summed E-state index contributed by atoms with van der Waals surface area (Å²) in [5.41, 5.74) is 1.82. The predicted octanol–water partition coefficient (Wildman–Crippen LogP) is 3.06. The number of phenols is 2. The molecule has 4 heteroatoms. The molecule has 0 aliphatic carbocycles. The Labute approximate surface area is 135 Å². The van der Waals surface area contributed by atoms with Crippen LogP contribution in [-0.4, -0.2) is 27.2 Å². The summed E-state index contributed by atoms with van der Waals surface area (Å²) in [7, 11) is 0. The lowest BCUT2D eigenvalue weighted by molar-refractivity contribution is -0.116. The van der Waals surface area contributed by atoms with Crippen molar-refractivity contribution in [2.45, 2.75) is 25.4 Å². The highest BCUT2D eigenvalue weighted by atomic mass is 16.3. The summed E-state index contributed by atoms with van der Waals surface area (Å²) in [5.74, 6) is 0.248. The normalized spacial score (nSPS) is 12.4. The maximum absolute atomic E-state index is 11.8. The second-order valence-electron chi connectivity index (χ2n) is 5.45. The van der Waals surface area contributed by atoms with Gasteiger partial charge in [-0.3, -0.25) is 4.79 Å². The molecular weight excluding hydrogens is 292 g/mol. The Bertz CT molecular complexity index is 657. The minimum absolute atomic E-state index is 0.0761. The highest BCUT2D eigenvalue weighted by molar-refractivity contribution is 5.93. The summed E-state index contributed by atoms with van der Waals surface area (Å²) in [6.45, 7) is 0. The molecule has 0 saturated carbocycles. The van der Waals surface area contributed by atoms with E-state index in [9.17, 15) is 20.1 Å². The lowest BCUT2D eigenvalue weighted by Gasteiger charge is -2.08. The molecule has 4 nitrogen and oxygen atoms in total. The minimum Gasteiger partial charge on any atom is -0.508 e. The van der Waals surface area contributed by atoms with Gasteiger partial charge >= 0.3 is 0 Å². The Kier molecular flexibility index (Phi) is 5.94. The molecule has 0 unspecified atom stereocenters. The molecule has 0 aromatic heterocycles. The summed E-state index contributed by atoms with van der Waals surface area (Å²) < 4.78 is 0. The van der Waals surface area contributed by atoms with Crippen LogP contribution in [0.5, 0.6) is 11.5 Å². The van der Waals surface area contributed by atoms with E-state index in [4.69, 9.17) is 0 Å². The van der Waals surface area contributed by atoms with E-state index in [1.807, 2.05) is 0 Å². The number of allylic oxidation sites excluding steroid dienone is 1.